The molecule has 0 aromatic carbocycles. The maximum atomic E-state index is 5.87. The summed E-state index contributed by atoms with van der Waals surface area (Å²) in [6.45, 7) is 1.85. The highest BCUT2D eigenvalue weighted by molar-refractivity contribution is 7.09. The number of thiophene rings is 1. The van der Waals surface area contributed by atoms with Gasteiger partial charge in [0.15, 0.2) is 0 Å². The summed E-state index contributed by atoms with van der Waals surface area (Å²) in [6.07, 6.45) is 4.14. The van der Waals surface area contributed by atoms with Crippen LogP contribution in [0.3, 0.4) is 0 Å². The molecular weight excluding hydrogens is 204 g/mol. The van der Waals surface area contributed by atoms with Crippen LogP contribution in [0, 0.1) is 5.92 Å². The van der Waals surface area contributed by atoms with Crippen LogP contribution in [0.15, 0.2) is 17.5 Å². The van der Waals surface area contributed by atoms with Crippen LogP contribution < -0.4 is 5.73 Å². The molecule has 1 aliphatic rings. The quantitative estimate of drug-likeness (QED) is 0.831. The van der Waals surface area contributed by atoms with Crippen molar-refractivity contribution in [2.45, 2.75) is 31.8 Å². The van der Waals surface area contributed by atoms with Gasteiger partial charge in [0.25, 0.3) is 0 Å². The van der Waals surface area contributed by atoms with E-state index in [1.807, 2.05) is 11.3 Å². The Morgan fingerprint density at radius 3 is 2.87 bits per heavy atom. The van der Waals surface area contributed by atoms with Crippen LogP contribution in [-0.4, -0.2) is 24.5 Å². The molecule has 0 aliphatic heterocycles. The van der Waals surface area contributed by atoms with Gasteiger partial charge >= 0.3 is 0 Å². The molecule has 0 radical (unpaired) electrons. The third-order valence-corrected chi connectivity index (χ3v) is 4.35. The van der Waals surface area contributed by atoms with Crippen LogP contribution >= 0.6 is 11.3 Å². The lowest BCUT2D eigenvalue weighted by atomic mass is 9.79. The van der Waals surface area contributed by atoms with Crippen LogP contribution in [0.25, 0.3) is 0 Å². The highest BCUT2D eigenvalue weighted by atomic mass is 32.1. The van der Waals surface area contributed by atoms with Crippen LogP contribution in [0.2, 0.25) is 0 Å². The van der Waals surface area contributed by atoms with Crippen LogP contribution in [-0.2, 0) is 6.54 Å². The summed E-state index contributed by atoms with van der Waals surface area (Å²) in [4.78, 5) is 3.87. The molecule has 1 saturated carbocycles. The number of nitrogens with two attached hydrogens (primary N) is 1. The minimum atomic E-state index is 0.584. The van der Waals surface area contributed by atoms with E-state index < -0.39 is 0 Å². The van der Waals surface area contributed by atoms with Crippen molar-refractivity contribution in [3.8, 4) is 0 Å². The molecule has 0 bridgehead atoms. The minimum absolute atomic E-state index is 0.584. The van der Waals surface area contributed by atoms with Crippen molar-refractivity contribution >= 4 is 11.3 Å². The Kier molecular flexibility index (Phi) is 3.78. The summed E-state index contributed by atoms with van der Waals surface area (Å²) in [5, 5.41) is 2.14. The topological polar surface area (TPSA) is 29.3 Å². The second kappa shape index (κ2) is 5.10. The van der Waals surface area contributed by atoms with Gasteiger partial charge in [0.05, 0.1) is 0 Å². The monoisotopic (exact) mass is 224 g/mol. The second-order valence-electron chi connectivity index (χ2n) is 4.49. The Labute approximate surface area is 96.1 Å². The molecule has 0 saturated heterocycles. The van der Waals surface area contributed by atoms with E-state index in [1.54, 1.807) is 0 Å². The van der Waals surface area contributed by atoms with Crippen molar-refractivity contribution < 1.29 is 0 Å². The molecule has 1 aromatic rings. The first-order valence-corrected chi connectivity index (χ1v) is 6.62. The van der Waals surface area contributed by atoms with Crippen molar-refractivity contribution in [1.82, 2.24) is 4.90 Å². The normalized spacial score (nSPS) is 19.1. The lowest BCUT2D eigenvalue weighted by Gasteiger charge is -2.38. The van der Waals surface area contributed by atoms with E-state index in [-0.39, 0.29) is 0 Å². The smallest absolute Gasteiger partial charge is 0.0328 e. The molecule has 1 unspecified atom stereocenters. The van der Waals surface area contributed by atoms with Crippen molar-refractivity contribution in [1.29, 1.82) is 0 Å². The summed E-state index contributed by atoms with van der Waals surface area (Å²) in [6, 6.07) is 4.91. The first-order chi connectivity index (χ1) is 7.31. The molecule has 15 heavy (non-hydrogen) atoms. The van der Waals surface area contributed by atoms with Gasteiger partial charge in [-0.3, -0.25) is 4.90 Å². The highest BCUT2D eigenvalue weighted by Gasteiger charge is 2.28. The number of nitrogens with zero attached hydrogens (tertiary/aromatic N) is 1. The first kappa shape index (κ1) is 11.1. The van der Waals surface area contributed by atoms with Crippen molar-refractivity contribution in [2.75, 3.05) is 13.6 Å². The van der Waals surface area contributed by atoms with E-state index in [9.17, 15) is 0 Å². The fourth-order valence-electron chi connectivity index (χ4n) is 2.32. The van der Waals surface area contributed by atoms with Gasteiger partial charge in [-0.05, 0) is 37.3 Å². The highest BCUT2D eigenvalue weighted by Crippen LogP contribution is 2.32. The zero-order valence-corrected chi connectivity index (χ0v) is 10.2. The van der Waals surface area contributed by atoms with Gasteiger partial charge in [-0.2, -0.15) is 0 Å². The summed E-state index contributed by atoms with van der Waals surface area (Å²) in [7, 11) is 2.20. The van der Waals surface area contributed by atoms with E-state index in [2.05, 4.69) is 29.5 Å². The molecular formula is C12H20N2S. The lowest BCUT2D eigenvalue weighted by Crippen LogP contribution is -2.45. The fourth-order valence-corrected chi connectivity index (χ4v) is 3.09. The predicted octanol–water partition coefficient (Wildman–Crippen LogP) is 2.31. The SMILES string of the molecule is CN(Cc1cccs1)C(CN)C1CCC1. The van der Waals surface area contributed by atoms with Crippen molar-refractivity contribution in [3.63, 3.8) is 0 Å². The second-order valence-corrected chi connectivity index (χ2v) is 5.52. The zero-order chi connectivity index (χ0) is 10.7. The van der Waals surface area contributed by atoms with Crippen molar-refractivity contribution in [3.05, 3.63) is 22.4 Å². The zero-order valence-electron chi connectivity index (χ0n) is 9.36. The van der Waals surface area contributed by atoms with Gasteiger partial charge in [0, 0.05) is 24.0 Å². The average molecular weight is 224 g/mol. The van der Waals surface area contributed by atoms with Crippen LogP contribution in [0.4, 0.5) is 0 Å². The van der Waals surface area contributed by atoms with Gasteiger partial charge in [-0.15, -0.1) is 11.3 Å². The first-order valence-electron chi connectivity index (χ1n) is 5.74. The Balaban J connectivity index is 1.90. The standard InChI is InChI=1S/C12H20N2S/c1-14(9-11-6-3-7-15-11)12(8-13)10-4-2-5-10/h3,6-7,10,12H,2,4-5,8-9,13H2,1H3. The molecule has 1 aromatic heterocycles. The molecule has 1 heterocycles. The van der Waals surface area contributed by atoms with E-state index >= 15 is 0 Å². The van der Waals surface area contributed by atoms with E-state index in [4.69, 9.17) is 5.73 Å². The summed E-state index contributed by atoms with van der Waals surface area (Å²) < 4.78 is 0. The summed E-state index contributed by atoms with van der Waals surface area (Å²) in [5.74, 6) is 0.847. The van der Waals surface area contributed by atoms with Gasteiger partial charge < -0.3 is 5.73 Å². The number of hydrogen-bond acceptors (Lipinski definition) is 3. The molecule has 2 N–H and O–H groups in total. The molecule has 1 atom stereocenters. The number of rotatable bonds is 5. The van der Waals surface area contributed by atoms with E-state index in [0.717, 1.165) is 19.0 Å². The molecule has 0 spiro atoms. The minimum Gasteiger partial charge on any atom is -0.329 e. The summed E-state index contributed by atoms with van der Waals surface area (Å²) in [5.41, 5.74) is 5.87. The fraction of sp³-hybridized carbons (Fsp3) is 0.667. The lowest BCUT2D eigenvalue weighted by molar-refractivity contribution is 0.119. The molecule has 2 nitrogen and oxygen atoms in total. The number of likely N-dealkylation sites (N-methyl/N-ethyl adjacent to an activating group) is 1. The van der Waals surface area contributed by atoms with Crippen LogP contribution in [0.1, 0.15) is 24.1 Å². The average Bonchev–Trinajstić information content (AvgIpc) is 2.63. The van der Waals surface area contributed by atoms with Gasteiger partial charge in [0.2, 0.25) is 0 Å². The molecule has 2 rings (SSSR count). The Morgan fingerprint density at radius 2 is 2.40 bits per heavy atom. The van der Waals surface area contributed by atoms with E-state index in [1.165, 1.54) is 24.1 Å². The molecule has 3 heteroatoms. The Morgan fingerprint density at radius 1 is 1.60 bits per heavy atom. The van der Waals surface area contributed by atoms with E-state index in [0.29, 0.717) is 6.04 Å². The predicted molar refractivity (Wildman–Crippen MR) is 66.0 cm³/mol. The maximum absolute atomic E-state index is 5.87. The summed E-state index contributed by atoms with van der Waals surface area (Å²) >= 11 is 1.83. The Bertz CT molecular complexity index is 280. The third kappa shape index (κ3) is 2.60. The van der Waals surface area contributed by atoms with Gasteiger partial charge in [-0.25, -0.2) is 0 Å². The molecule has 84 valence electrons. The maximum Gasteiger partial charge on any atom is 0.0328 e. The molecule has 1 fully saturated rings. The molecule has 1 aliphatic carbocycles. The number of hydrogen-bond donors (Lipinski definition) is 1. The van der Waals surface area contributed by atoms with Crippen LogP contribution in [0.5, 0.6) is 0 Å². The third-order valence-electron chi connectivity index (χ3n) is 3.49. The molecule has 0 amide bonds. The van der Waals surface area contributed by atoms with Gasteiger partial charge in [-0.1, -0.05) is 12.5 Å². The van der Waals surface area contributed by atoms with Gasteiger partial charge in [0.1, 0.15) is 0 Å². The largest absolute Gasteiger partial charge is 0.329 e. The van der Waals surface area contributed by atoms with Crippen molar-refractivity contribution in [2.24, 2.45) is 11.7 Å². The Hall–Kier alpha value is -0.380.